The van der Waals surface area contributed by atoms with Gasteiger partial charge in [-0.3, -0.25) is 9.69 Å². The van der Waals surface area contributed by atoms with Crippen molar-refractivity contribution in [2.24, 2.45) is 5.92 Å². The number of nitrogens with zero attached hydrogens (tertiary/aromatic N) is 2. The number of piperidine rings is 1. The van der Waals surface area contributed by atoms with Crippen molar-refractivity contribution in [3.05, 3.63) is 58.0 Å². The number of fused-ring (bicyclic) bond motifs is 4. The molecule has 4 rings (SSSR count). The lowest BCUT2D eigenvalue weighted by atomic mass is 9.83. The molecule has 0 spiro atoms. The third kappa shape index (κ3) is 2.93. The van der Waals surface area contributed by atoms with Crippen LogP contribution >= 0.6 is 0 Å². The maximum absolute atomic E-state index is 12.1. The highest BCUT2D eigenvalue weighted by molar-refractivity contribution is 5.46. The fraction of sp³-hybridized carbons (Fsp3) is 0.450. The van der Waals surface area contributed by atoms with Crippen molar-refractivity contribution in [2.75, 3.05) is 27.3 Å². The fourth-order valence-corrected chi connectivity index (χ4v) is 4.44. The monoisotopic (exact) mass is 340 g/mol. The summed E-state index contributed by atoms with van der Waals surface area (Å²) in [5, 5.41) is 0. The molecule has 2 aliphatic heterocycles. The Hall–Kier alpha value is -2.27. The van der Waals surface area contributed by atoms with Crippen LogP contribution in [-0.2, 0) is 13.1 Å². The van der Waals surface area contributed by atoms with Crippen LogP contribution in [0.25, 0.3) is 0 Å². The van der Waals surface area contributed by atoms with Crippen molar-refractivity contribution in [1.82, 2.24) is 9.47 Å². The number of likely N-dealkylation sites (tertiary alicyclic amines) is 1. The zero-order chi connectivity index (χ0) is 17.4. The average molecular weight is 340 g/mol. The molecule has 5 nitrogen and oxygen atoms in total. The Morgan fingerprint density at radius 3 is 2.68 bits per heavy atom. The molecule has 2 atom stereocenters. The van der Waals surface area contributed by atoms with Gasteiger partial charge in [0, 0.05) is 49.4 Å². The van der Waals surface area contributed by atoms with Gasteiger partial charge in [-0.25, -0.2) is 0 Å². The van der Waals surface area contributed by atoms with Crippen LogP contribution in [0, 0.1) is 5.92 Å². The van der Waals surface area contributed by atoms with Gasteiger partial charge in [0.15, 0.2) is 11.5 Å². The van der Waals surface area contributed by atoms with E-state index >= 15 is 0 Å². The topological polar surface area (TPSA) is 43.7 Å². The summed E-state index contributed by atoms with van der Waals surface area (Å²) < 4.78 is 13.0. The molecule has 1 saturated heterocycles. The Morgan fingerprint density at radius 1 is 1.04 bits per heavy atom. The summed E-state index contributed by atoms with van der Waals surface area (Å²) in [6, 6.07) is 11.7. The predicted molar refractivity (Wildman–Crippen MR) is 96.4 cm³/mol. The first-order chi connectivity index (χ1) is 12.2. The number of hydrogen-bond donors (Lipinski definition) is 0. The third-order valence-corrected chi connectivity index (χ3v) is 5.43. The highest BCUT2D eigenvalue weighted by Crippen LogP contribution is 2.37. The van der Waals surface area contributed by atoms with Crippen LogP contribution < -0.4 is 15.0 Å². The fourth-order valence-electron chi connectivity index (χ4n) is 4.44. The summed E-state index contributed by atoms with van der Waals surface area (Å²) in [5.41, 5.74) is 2.47. The molecular formula is C20H24N2O3. The van der Waals surface area contributed by atoms with Crippen molar-refractivity contribution in [3.8, 4) is 11.5 Å². The molecule has 1 aromatic heterocycles. The van der Waals surface area contributed by atoms with Crippen LogP contribution in [0.15, 0.2) is 41.2 Å². The summed E-state index contributed by atoms with van der Waals surface area (Å²) in [5.74, 6) is 2.55. The van der Waals surface area contributed by atoms with E-state index in [0.29, 0.717) is 11.8 Å². The van der Waals surface area contributed by atoms with Gasteiger partial charge < -0.3 is 14.0 Å². The smallest absolute Gasteiger partial charge is 0.250 e. The molecule has 0 N–H and O–H groups in total. The zero-order valence-electron chi connectivity index (χ0n) is 14.8. The van der Waals surface area contributed by atoms with Gasteiger partial charge in [-0.1, -0.05) is 18.2 Å². The summed E-state index contributed by atoms with van der Waals surface area (Å²) in [6.45, 7) is 3.65. The summed E-state index contributed by atoms with van der Waals surface area (Å²) in [6.07, 6.45) is 1.18. The molecule has 2 unspecified atom stereocenters. The highest BCUT2D eigenvalue weighted by Gasteiger charge is 2.34. The molecule has 2 aliphatic rings. The van der Waals surface area contributed by atoms with Gasteiger partial charge in [-0.05, 0) is 24.5 Å². The SMILES string of the molecule is COc1cccc(CN2CC3CC(C2)c2cccc(=O)n2C3)c1OC. The Bertz CT molecular complexity index is 830. The maximum Gasteiger partial charge on any atom is 0.250 e. The Morgan fingerprint density at radius 2 is 1.88 bits per heavy atom. The minimum atomic E-state index is 0.134. The van der Waals surface area contributed by atoms with Crippen molar-refractivity contribution in [1.29, 1.82) is 0 Å². The third-order valence-electron chi connectivity index (χ3n) is 5.43. The maximum atomic E-state index is 12.1. The standard InChI is InChI=1S/C20H24N2O3/c1-24-18-7-3-5-15(20(18)25-2)12-21-10-14-9-16(13-21)17-6-4-8-19(23)22(17)11-14/h3-8,14,16H,9-13H2,1-2H3. The largest absolute Gasteiger partial charge is 0.493 e. The molecule has 0 radical (unpaired) electrons. The number of aromatic nitrogens is 1. The lowest BCUT2D eigenvalue weighted by molar-refractivity contribution is 0.113. The van der Waals surface area contributed by atoms with Crippen LogP contribution in [0.3, 0.4) is 0 Å². The predicted octanol–water partition coefficient (Wildman–Crippen LogP) is 2.48. The lowest BCUT2D eigenvalue weighted by Gasteiger charge is -2.42. The van der Waals surface area contributed by atoms with Gasteiger partial charge in [-0.15, -0.1) is 0 Å². The van der Waals surface area contributed by atoms with E-state index in [-0.39, 0.29) is 5.56 Å². The molecule has 3 heterocycles. The molecular weight excluding hydrogens is 316 g/mol. The second-order valence-corrected chi connectivity index (χ2v) is 7.04. The number of hydrogen-bond acceptors (Lipinski definition) is 4. The molecule has 1 fully saturated rings. The number of para-hydroxylation sites is 1. The van der Waals surface area contributed by atoms with Crippen molar-refractivity contribution in [3.63, 3.8) is 0 Å². The quantitative estimate of drug-likeness (QED) is 0.858. The van der Waals surface area contributed by atoms with Crippen LogP contribution in [0.4, 0.5) is 0 Å². The molecule has 2 bridgehead atoms. The van der Waals surface area contributed by atoms with E-state index in [4.69, 9.17) is 9.47 Å². The van der Waals surface area contributed by atoms with Crippen LogP contribution in [-0.4, -0.2) is 36.8 Å². The Kier molecular flexibility index (Phi) is 4.25. The normalized spacial score (nSPS) is 22.3. The molecule has 0 aliphatic carbocycles. The summed E-state index contributed by atoms with van der Waals surface area (Å²) in [4.78, 5) is 14.6. The number of methoxy groups -OCH3 is 2. The van der Waals surface area contributed by atoms with Gasteiger partial charge in [0.05, 0.1) is 14.2 Å². The molecule has 2 aromatic rings. The Balaban J connectivity index is 1.58. The van der Waals surface area contributed by atoms with Crippen LogP contribution in [0.1, 0.15) is 23.6 Å². The first kappa shape index (κ1) is 16.2. The van der Waals surface area contributed by atoms with Gasteiger partial charge in [0.25, 0.3) is 5.56 Å². The number of benzene rings is 1. The van der Waals surface area contributed by atoms with Crippen LogP contribution in [0.5, 0.6) is 11.5 Å². The van der Waals surface area contributed by atoms with Gasteiger partial charge >= 0.3 is 0 Å². The second kappa shape index (κ2) is 6.56. The molecule has 132 valence electrons. The highest BCUT2D eigenvalue weighted by atomic mass is 16.5. The minimum absolute atomic E-state index is 0.134. The van der Waals surface area contributed by atoms with Gasteiger partial charge in [0.1, 0.15) is 0 Å². The summed E-state index contributed by atoms with van der Waals surface area (Å²) in [7, 11) is 3.36. The second-order valence-electron chi connectivity index (χ2n) is 7.04. The molecule has 1 aromatic carbocycles. The molecule has 25 heavy (non-hydrogen) atoms. The number of pyridine rings is 1. The number of ether oxygens (including phenoxy) is 2. The van der Waals surface area contributed by atoms with Gasteiger partial charge in [0.2, 0.25) is 0 Å². The minimum Gasteiger partial charge on any atom is -0.493 e. The first-order valence-electron chi connectivity index (χ1n) is 8.81. The molecule has 0 saturated carbocycles. The zero-order valence-corrected chi connectivity index (χ0v) is 14.8. The summed E-state index contributed by atoms with van der Waals surface area (Å²) >= 11 is 0. The Labute approximate surface area is 147 Å². The van der Waals surface area contributed by atoms with E-state index in [1.807, 2.05) is 22.8 Å². The first-order valence-corrected chi connectivity index (χ1v) is 8.81. The van der Waals surface area contributed by atoms with Crippen molar-refractivity contribution in [2.45, 2.75) is 25.4 Å². The van der Waals surface area contributed by atoms with Crippen LogP contribution in [0.2, 0.25) is 0 Å². The van der Waals surface area contributed by atoms with E-state index in [2.05, 4.69) is 17.0 Å². The van der Waals surface area contributed by atoms with Crippen molar-refractivity contribution >= 4 is 0 Å². The van der Waals surface area contributed by atoms with Crippen molar-refractivity contribution < 1.29 is 9.47 Å². The molecule has 5 heteroatoms. The van der Waals surface area contributed by atoms with E-state index in [9.17, 15) is 4.79 Å². The average Bonchev–Trinajstić information content (AvgIpc) is 2.62. The lowest BCUT2D eigenvalue weighted by Crippen LogP contribution is -2.46. The van der Waals surface area contributed by atoms with E-state index < -0.39 is 0 Å². The van der Waals surface area contributed by atoms with E-state index in [1.165, 1.54) is 12.1 Å². The van der Waals surface area contributed by atoms with E-state index in [1.54, 1.807) is 20.3 Å². The van der Waals surface area contributed by atoms with Gasteiger partial charge in [-0.2, -0.15) is 0 Å². The molecule has 0 amide bonds. The number of rotatable bonds is 4. The van der Waals surface area contributed by atoms with E-state index in [0.717, 1.165) is 43.2 Å².